The summed E-state index contributed by atoms with van der Waals surface area (Å²) in [5.41, 5.74) is 5.45. The molecule has 0 spiro atoms. The number of nitrogens with one attached hydrogen (secondary N) is 2. The van der Waals surface area contributed by atoms with Crippen molar-refractivity contribution in [2.75, 3.05) is 17.3 Å². The lowest BCUT2D eigenvalue weighted by molar-refractivity contribution is -0.118. The average molecular weight is 554 g/mol. The first-order chi connectivity index (χ1) is 19.3. The van der Waals surface area contributed by atoms with E-state index in [1.165, 1.54) is 7.11 Å². The highest BCUT2D eigenvalue weighted by atomic mass is 32.1. The van der Waals surface area contributed by atoms with Crippen LogP contribution in [0.1, 0.15) is 53.2 Å². The minimum atomic E-state index is -0.414. The van der Waals surface area contributed by atoms with E-state index in [1.54, 1.807) is 12.3 Å². The Morgan fingerprint density at radius 2 is 1.82 bits per heavy atom. The molecule has 2 aromatic heterocycles. The van der Waals surface area contributed by atoms with Crippen molar-refractivity contribution in [3.63, 3.8) is 0 Å². The van der Waals surface area contributed by atoms with Gasteiger partial charge >= 0.3 is 5.97 Å². The number of para-hydroxylation sites is 1. The normalized spacial score (nSPS) is 16.6. The number of amides is 1. The highest BCUT2D eigenvalue weighted by Crippen LogP contribution is 2.43. The number of aromatic nitrogens is 2. The van der Waals surface area contributed by atoms with Gasteiger partial charge in [0, 0.05) is 35.4 Å². The SMILES string of the molecule is COC(=O)c1ccccc1-n1cccc1[C@H]1[C@H](c2ccccn2)NC(=S)N1c1ccc(NC(=O)C(C)C)c(C)c1. The maximum absolute atomic E-state index is 12.7. The van der Waals surface area contributed by atoms with E-state index in [-0.39, 0.29) is 23.9 Å². The van der Waals surface area contributed by atoms with Crippen molar-refractivity contribution >= 4 is 40.6 Å². The van der Waals surface area contributed by atoms with E-state index < -0.39 is 5.97 Å². The lowest BCUT2D eigenvalue weighted by Crippen LogP contribution is -2.30. The van der Waals surface area contributed by atoms with Gasteiger partial charge < -0.3 is 24.8 Å². The molecule has 1 aliphatic heterocycles. The van der Waals surface area contributed by atoms with E-state index in [0.717, 1.165) is 28.3 Å². The van der Waals surface area contributed by atoms with Crippen molar-refractivity contribution in [1.82, 2.24) is 14.9 Å². The van der Waals surface area contributed by atoms with Gasteiger partial charge in [-0.05, 0) is 79.3 Å². The summed E-state index contributed by atoms with van der Waals surface area (Å²) in [6, 6.07) is 22.5. The van der Waals surface area contributed by atoms with Gasteiger partial charge in [0.05, 0.1) is 30.1 Å². The van der Waals surface area contributed by atoms with Crippen LogP contribution in [-0.2, 0) is 9.53 Å². The number of carbonyl (C=O) groups is 2. The molecule has 0 aliphatic carbocycles. The average Bonchev–Trinajstić information content (AvgIpc) is 3.58. The van der Waals surface area contributed by atoms with Crippen LogP contribution >= 0.6 is 12.2 Å². The number of nitrogens with zero attached hydrogens (tertiary/aromatic N) is 3. The molecule has 3 heterocycles. The van der Waals surface area contributed by atoms with Gasteiger partial charge in [-0.1, -0.05) is 32.0 Å². The number of thiocarbonyl (C=S) groups is 1. The van der Waals surface area contributed by atoms with Gasteiger partial charge in [0.1, 0.15) is 6.04 Å². The molecule has 8 nitrogen and oxygen atoms in total. The highest BCUT2D eigenvalue weighted by molar-refractivity contribution is 7.80. The molecule has 204 valence electrons. The Labute approximate surface area is 239 Å². The summed E-state index contributed by atoms with van der Waals surface area (Å²) in [7, 11) is 1.38. The summed E-state index contributed by atoms with van der Waals surface area (Å²) in [4.78, 5) is 31.7. The van der Waals surface area contributed by atoms with Crippen molar-refractivity contribution in [3.8, 4) is 5.69 Å². The Bertz CT molecular complexity index is 1570. The molecule has 1 fully saturated rings. The maximum Gasteiger partial charge on any atom is 0.339 e. The molecule has 2 aromatic carbocycles. The third-order valence-corrected chi connectivity index (χ3v) is 7.34. The van der Waals surface area contributed by atoms with Crippen molar-refractivity contribution in [3.05, 3.63) is 108 Å². The molecule has 40 heavy (non-hydrogen) atoms. The lowest BCUT2D eigenvalue weighted by Gasteiger charge is -2.29. The molecular weight excluding hydrogens is 522 g/mol. The van der Waals surface area contributed by atoms with E-state index in [9.17, 15) is 9.59 Å². The smallest absolute Gasteiger partial charge is 0.339 e. The predicted molar refractivity (Wildman–Crippen MR) is 160 cm³/mol. The third kappa shape index (κ3) is 5.08. The number of pyridine rings is 1. The number of methoxy groups -OCH3 is 1. The molecule has 0 radical (unpaired) electrons. The lowest BCUT2D eigenvalue weighted by atomic mass is 10.00. The summed E-state index contributed by atoms with van der Waals surface area (Å²) < 4.78 is 7.07. The molecule has 2 atom stereocenters. The number of esters is 1. The molecule has 0 unspecified atom stereocenters. The summed E-state index contributed by atoms with van der Waals surface area (Å²) in [6.07, 6.45) is 3.70. The minimum absolute atomic E-state index is 0.0376. The fourth-order valence-corrected chi connectivity index (χ4v) is 5.32. The number of anilines is 2. The van der Waals surface area contributed by atoms with Crippen molar-refractivity contribution in [1.29, 1.82) is 0 Å². The molecule has 5 rings (SSSR count). The van der Waals surface area contributed by atoms with Gasteiger partial charge in [-0.3, -0.25) is 9.78 Å². The molecule has 2 N–H and O–H groups in total. The fraction of sp³-hybridized carbons (Fsp3) is 0.226. The van der Waals surface area contributed by atoms with Gasteiger partial charge in [-0.25, -0.2) is 4.79 Å². The molecule has 4 aromatic rings. The standard InChI is InChI=1S/C31H31N5O3S/c1-19(2)29(37)33-23-15-14-21(18-20(23)3)36-28(27(34-31(36)40)24-11-7-8-16-32-24)26-13-9-17-35(26)25-12-6-5-10-22(25)30(38)39-4/h5-19,27-28H,1-4H3,(H,33,37)(H,34,40)/t27-,28-/m0/s1. The predicted octanol–water partition coefficient (Wildman–Crippen LogP) is 5.74. The topological polar surface area (TPSA) is 88.5 Å². The Morgan fingerprint density at radius 3 is 2.52 bits per heavy atom. The Morgan fingerprint density at radius 1 is 1.05 bits per heavy atom. The van der Waals surface area contributed by atoms with Crippen molar-refractivity contribution < 1.29 is 14.3 Å². The number of hydrogen-bond acceptors (Lipinski definition) is 5. The number of ether oxygens (including phenoxy) is 1. The number of rotatable bonds is 7. The van der Waals surface area contributed by atoms with Crippen molar-refractivity contribution in [2.24, 2.45) is 5.92 Å². The quantitative estimate of drug-likeness (QED) is 0.223. The van der Waals surface area contributed by atoms with Crippen LogP contribution in [0, 0.1) is 12.8 Å². The number of carbonyl (C=O) groups excluding carboxylic acids is 2. The van der Waals surface area contributed by atoms with E-state index in [2.05, 4.69) is 20.5 Å². The molecular formula is C31H31N5O3S. The Kier molecular flexibility index (Phi) is 7.66. The minimum Gasteiger partial charge on any atom is -0.465 e. The van der Waals surface area contributed by atoms with Crippen LogP contribution in [0.25, 0.3) is 5.69 Å². The van der Waals surface area contributed by atoms with Crippen molar-refractivity contribution in [2.45, 2.75) is 32.9 Å². The van der Waals surface area contributed by atoms with Gasteiger partial charge in [-0.15, -0.1) is 0 Å². The van der Waals surface area contributed by atoms with E-state index in [1.807, 2.05) is 98.3 Å². The molecule has 1 saturated heterocycles. The second-order valence-corrected chi connectivity index (χ2v) is 10.3. The molecule has 1 aliphatic rings. The fourth-order valence-electron chi connectivity index (χ4n) is 4.97. The first-order valence-corrected chi connectivity index (χ1v) is 13.5. The second-order valence-electron chi connectivity index (χ2n) is 9.95. The number of benzene rings is 2. The Hall–Kier alpha value is -4.50. The zero-order chi connectivity index (χ0) is 28.4. The van der Waals surface area contributed by atoms with Crippen LogP contribution in [0.15, 0.2) is 85.2 Å². The molecule has 1 amide bonds. The van der Waals surface area contributed by atoms with Crippen LogP contribution < -0.4 is 15.5 Å². The molecule has 0 saturated carbocycles. The summed E-state index contributed by atoms with van der Waals surface area (Å²) in [5.74, 6) is -0.578. The van der Waals surface area contributed by atoms with Gasteiger partial charge in [-0.2, -0.15) is 0 Å². The summed E-state index contributed by atoms with van der Waals surface area (Å²) >= 11 is 5.91. The first kappa shape index (κ1) is 27.1. The molecule has 9 heteroatoms. The second kappa shape index (κ2) is 11.3. The zero-order valence-electron chi connectivity index (χ0n) is 22.8. The first-order valence-electron chi connectivity index (χ1n) is 13.1. The van der Waals surface area contributed by atoms with E-state index in [4.69, 9.17) is 17.0 Å². The number of hydrogen-bond donors (Lipinski definition) is 2. The van der Waals surface area contributed by atoms with Gasteiger partial charge in [0.15, 0.2) is 5.11 Å². The zero-order valence-corrected chi connectivity index (χ0v) is 23.6. The maximum atomic E-state index is 12.7. The van der Waals surface area contributed by atoms with Crippen LogP contribution in [0.4, 0.5) is 11.4 Å². The van der Waals surface area contributed by atoms with Crippen LogP contribution in [0.3, 0.4) is 0 Å². The van der Waals surface area contributed by atoms with Gasteiger partial charge in [0.2, 0.25) is 5.91 Å². The monoisotopic (exact) mass is 553 g/mol. The Balaban J connectivity index is 1.63. The molecule has 0 bridgehead atoms. The van der Waals surface area contributed by atoms with Gasteiger partial charge in [0.25, 0.3) is 0 Å². The largest absolute Gasteiger partial charge is 0.465 e. The van der Waals surface area contributed by atoms with Crippen LogP contribution in [0.2, 0.25) is 0 Å². The third-order valence-electron chi connectivity index (χ3n) is 7.02. The summed E-state index contributed by atoms with van der Waals surface area (Å²) in [5, 5.41) is 7.04. The van der Waals surface area contributed by atoms with E-state index in [0.29, 0.717) is 16.4 Å². The summed E-state index contributed by atoms with van der Waals surface area (Å²) in [6.45, 7) is 5.69. The van der Waals surface area contributed by atoms with Crippen LogP contribution in [-0.4, -0.2) is 33.6 Å². The number of aryl methyl sites for hydroxylation is 1. The van der Waals surface area contributed by atoms with Crippen LogP contribution in [0.5, 0.6) is 0 Å². The van der Waals surface area contributed by atoms with E-state index >= 15 is 0 Å². The highest BCUT2D eigenvalue weighted by Gasteiger charge is 2.42.